The first kappa shape index (κ1) is 19.1. The number of carbonyl (C=O) groups is 1. The van der Waals surface area contributed by atoms with Crippen LogP contribution in [0, 0.1) is 5.82 Å². The zero-order chi connectivity index (χ0) is 20.2. The Morgan fingerprint density at radius 3 is 2.66 bits per heavy atom. The average Bonchev–Trinajstić information content (AvgIpc) is 3.08. The van der Waals surface area contributed by atoms with E-state index in [2.05, 4.69) is 28.4 Å². The molecule has 0 spiro atoms. The van der Waals surface area contributed by atoms with Gasteiger partial charge in [-0.05, 0) is 41.8 Å². The minimum atomic E-state index is -0.618. The maximum atomic E-state index is 13.0. The minimum Gasteiger partial charge on any atom is -0.408 e. The Hall–Kier alpha value is -3.19. The van der Waals surface area contributed by atoms with Crippen LogP contribution in [0.4, 0.5) is 4.39 Å². The molecule has 0 fully saturated rings. The number of aromatic nitrogens is 1. The molecule has 0 unspecified atom stereocenters. The van der Waals surface area contributed by atoms with Crippen molar-refractivity contribution < 1.29 is 13.6 Å². The number of carbonyl (C=O) groups excluding carboxylic acids is 1. The van der Waals surface area contributed by atoms with E-state index in [9.17, 15) is 14.0 Å². The van der Waals surface area contributed by atoms with Gasteiger partial charge in [0.05, 0.1) is 6.20 Å². The fourth-order valence-electron chi connectivity index (χ4n) is 3.54. The molecule has 1 N–H and O–H groups in total. The van der Waals surface area contributed by atoms with Gasteiger partial charge in [-0.15, -0.1) is 0 Å². The van der Waals surface area contributed by atoms with E-state index in [4.69, 9.17) is 4.42 Å². The van der Waals surface area contributed by atoms with Crippen molar-refractivity contribution in [3.63, 3.8) is 0 Å². The predicted octanol–water partition coefficient (Wildman–Crippen LogP) is 2.42. The zero-order valence-electron chi connectivity index (χ0n) is 15.9. The number of amides is 1. The van der Waals surface area contributed by atoms with Crippen LogP contribution in [0.15, 0.2) is 63.9 Å². The Balaban J connectivity index is 1.28. The highest BCUT2D eigenvalue weighted by atomic mass is 19.1. The first-order valence-electron chi connectivity index (χ1n) is 9.60. The molecule has 150 valence electrons. The molecule has 0 atom stereocenters. The highest BCUT2D eigenvalue weighted by molar-refractivity contribution is 5.75. The monoisotopic (exact) mass is 395 g/mol. The van der Waals surface area contributed by atoms with Crippen molar-refractivity contribution in [3.8, 4) is 11.3 Å². The average molecular weight is 395 g/mol. The smallest absolute Gasteiger partial charge is 0.408 e. The molecule has 7 heteroatoms. The molecule has 2 heterocycles. The maximum absolute atomic E-state index is 13.0. The maximum Gasteiger partial charge on any atom is 0.419 e. The van der Waals surface area contributed by atoms with Gasteiger partial charge in [-0.2, -0.15) is 0 Å². The first-order chi connectivity index (χ1) is 14.1. The predicted molar refractivity (Wildman–Crippen MR) is 107 cm³/mol. The Bertz CT molecular complexity index is 1060. The second-order valence-electron chi connectivity index (χ2n) is 7.14. The molecule has 3 aromatic rings. The quantitative estimate of drug-likeness (QED) is 0.696. The van der Waals surface area contributed by atoms with Crippen LogP contribution in [-0.4, -0.2) is 35.0 Å². The summed E-state index contributed by atoms with van der Waals surface area (Å²) in [6, 6.07) is 14.0. The van der Waals surface area contributed by atoms with Crippen molar-refractivity contribution in [2.45, 2.75) is 19.5 Å². The number of rotatable bonds is 6. The van der Waals surface area contributed by atoms with Gasteiger partial charge in [-0.3, -0.25) is 14.3 Å². The largest absolute Gasteiger partial charge is 0.419 e. The van der Waals surface area contributed by atoms with Gasteiger partial charge in [0, 0.05) is 31.7 Å². The molecule has 0 radical (unpaired) electrons. The topological polar surface area (TPSA) is 67.5 Å². The van der Waals surface area contributed by atoms with Crippen molar-refractivity contribution in [2.75, 3.05) is 19.6 Å². The van der Waals surface area contributed by atoms with E-state index >= 15 is 0 Å². The highest BCUT2D eigenvalue weighted by Crippen LogP contribution is 2.19. The van der Waals surface area contributed by atoms with Gasteiger partial charge >= 0.3 is 5.76 Å². The Kier molecular flexibility index (Phi) is 5.57. The zero-order valence-corrected chi connectivity index (χ0v) is 15.9. The van der Waals surface area contributed by atoms with Gasteiger partial charge in [-0.25, -0.2) is 9.18 Å². The SMILES string of the molecule is O=C(Cn1cc(-c2ccc(F)cc2)oc1=O)NCCN1CCc2ccccc2C1. The second-order valence-corrected chi connectivity index (χ2v) is 7.14. The lowest BCUT2D eigenvalue weighted by molar-refractivity contribution is -0.121. The molecule has 1 amide bonds. The molecule has 0 bridgehead atoms. The third-order valence-corrected chi connectivity index (χ3v) is 5.11. The van der Waals surface area contributed by atoms with Crippen LogP contribution < -0.4 is 11.1 Å². The molecule has 0 saturated carbocycles. The molecule has 2 aromatic carbocycles. The van der Waals surface area contributed by atoms with E-state index in [0.29, 0.717) is 17.9 Å². The standard InChI is InChI=1S/C22H22FN3O3/c23-19-7-5-17(6-8-19)20-14-26(22(28)29-20)15-21(27)24-10-12-25-11-9-16-3-1-2-4-18(16)13-25/h1-8,14H,9-13,15H2,(H,24,27). The summed E-state index contributed by atoms with van der Waals surface area (Å²) in [4.78, 5) is 26.5. The summed E-state index contributed by atoms with van der Waals surface area (Å²) in [6.45, 7) is 3.00. The lowest BCUT2D eigenvalue weighted by Crippen LogP contribution is -2.39. The molecule has 0 saturated heterocycles. The Morgan fingerprint density at radius 2 is 1.86 bits per heavy atom. The van der Waals surface area contributed by atoms with Crippen LogP contribution >= 0.6 is 0 Å². The Labute approximate surface area is 167 Å². The van der Waals surface area contributed by atoms with Gasteiger partial charge < -0.3 is 9.73 Å². The van der Waals surface area contributed by atoms with Crippen LogP contribution in [0.25, 0.3) is 11.3 Å². The number of oxazole rings is 1. The molecule has 29 heavy (non-hydrogen) atoms. The van der Waals surface area contributed by atoms with Crippen molar-refractivity contribution in [3.05, 3.63) is 82.2 Å². The van der Waals surface area contributed by atoms with Crippen molar-refractivity contribution in [2.24, 2.45) is 0 Å². The van der Waals surface area contributed by atoms with Crippen LogP contribution in [0.5, 0.6) is 0 Å². The summed E-state index contributed by atoms with van der Waals surface area (Å²) >= 11 is 0. The molecule has 0 aliphatic carbocycles. The summed E-state index contributed by atoms with van der Waals surface area (Å²) in [7, 11) is 0. The third-order valence-electron chi connectivity index (χ3n) is 5.11. The molecule has 1 aliphatic rings. The number of benzene rings is 2. The van der Waals surface area contributed by atoms with E-state index in [0.717, 1.165) is 26.1 Å². The summed E-state index contributed by atoms with van der Waals surface area (Å²) < 4.78 is 19.4. The van der Waals surface area contributed by atoms with Crippen LogP contribution in [0.1, 0.15) is 11.1 Å². The number of nitrogens with zero attached hydrogens (tertiary/aromatic N) is 2. The lowest BCUT2D eigenvalue weighted by atomic mass is 10.00. The van der Waals surface area contributed by atoms with Gasteiger partial charge in [0.25, 0.3) is 0 Å². The summed E-state index contributed by atoms with van der Waals surface area (Å²) in [6.07, 6.45) is 2.48. The number of halogens is 1. The van der Waals surface area contributed by atoms with Crippen molar-refractivity contribution >= 4 is 5.91 Å². The van der Waals surface area contributed by atoms with Crippen molar-refractivity contribution in [1.29, 1.82) is 0 Å². The molecule has 1 aromatic heterocycles. The van der Waals surface area contributed by atoms with E-state index < -0.39 is 5.76 Å². The molecular formula is C22H22FN3O3. The number of hydrogen-bond donors (Lipinski definition) is 1. The van der Waals surface area contributed by atoms with E-state index in [1.54, 1.807) is 0 Å². The van der Waals surface area contributed by atoms with Gasteiger partial charge in [0.2, 0.25) is 5.91 Å². The molecule has 6 nitrogen and oxygen atoms in total. The minimum absolute atomic E-state index is 0.119. The highest BCUT2D eigenvalue weighted by Gasteiger charge is 2.16. The number of hydrogen-bond acceptors (Lipinski definition) is 4. The van der Waals surface area contributed by atoms with Gasteiger partial charge in [0.15, 0.2) is 5.76 Å². The fourth-order valence-corrected chi connectivity index (χ4v) is 3.54. The van der Waals surface area contributed by atoms with Gasteiger partial charge in [0.1, 0.15) is 12.4 Å². The number of nitrogens with one attached hydrogen (secondary N) is 1. The summed E-state index contributed by atoms with van der Waals surface area (Å²) in [5, 5.41) is 2.85. The normalized spacial score (nSPS) is 13.8. The molecule has 1 aliphatic heterocycles. The fraction of sp³-hybridized carbons (Fsp3) is 0.273. The van der Waals surface area contributed by atoms with E-state index in [1.807, 2.05) is 6.07 Å². The Morgan fingerprint density at radius 1 is 1.10 bits per heavy atom. The van der Waals surface area contributed by atoms with Crippen molar-refractivity contribution in [1.82, 2.24) is 14.8 Å². The molecular weight excluding hydrogens is 373 g/mol. The van der Waals surface area contributed by atoms with E-state index in [1.165, 1.54) is 46.2 Å². The lowest BCUT2D eigenvalue weighted by Gasteiger charge is -2.28. The second kappa shape index (κ2) is 8.45. The van der Waals surface area contributed by atoms with Crippen LogP contribution in [-0.2, 0) is 24.3 Å². The van der Waals surface area contributed by atoms with E-state index in [-0.39, 0.29) is 18.3 Å². The number of fused-ring (bicyclic) bond motifs is 1. The first-order valence-corrected chi connectivity index (χ1v) is 9.60. The molecule has 4 rings (SSSR count). The third kappa shape index (κ3) is 4.63. The van der Waals surface area contributed by atoms with Crippen LogP contribution in [0.2, 0.25) is 0 Å². The van der Waals surface area contributed by atoms with Crippen LogP contribution in [0.3, 0.4) is 0 Å². The summed E-state index contributed by atoms with van der Waals surface area (Å²) in [5.74, 6) is -0.940. The van der Waals surface area contributed by atoms with Gasteiger partial charge in [-0.1, -0.05) is 24.3 Å². The summed E-state index contributed by atoms with van der Waals surface area (Å²) in [5.41, 5.74) is 3.31.